The molecular weight excluding hydrogens is 164 g/mol. The van der Waals surface area contributed by atoms with Gasteiger partial charge in [-0.15, -0.1) is 0 Å². The van der Waals surface area contributed by atoms with Gasteiger partial charge in [0.25, 0.3) is 5.56 Å². The van der Waals surface area contributed by atoms with Crippen molar-refractivity contribution in [3.05, 3.63) is 21.7 Å². The molecule has 0 fully saturated rings. The molecule has 0 radical (unpaired) electrons. The number of hydrogen-bond donors (Lipinski definition) is 3. The van der Waals surface area contributed by atoms with Crippen molar-refractivity contribution in [3.8, 4) is 5.88 Å². The number of aromatic amines is 1. The quantitative estimate of drug-likeness (QED) is 0.526. The maximum Gasteiger partial charge on any atom is 0.372 e. The van der Waals surface area contributed by atoms with E-state index in [-0.39, 0.29) is 5.56 Å². The van der Waals surface area contributed by atoms with Gasteiger partial charge in [0.15, 0.2) is 0 Å². The summed E-state index contributed by atoms with van der Waals surface area (Å²) in [5.74, 6) is -2.51. The van der Waals surface area contributed by atoms with E-state index in [0.29, 0.717) is 0 Å². The number of aromatic hydroxyl groups is 1. The van der Waals surface area contributed by atoms with Crippen LogP contribution in [0, 0.1) is 6.92 Å². The first-order chi connectivity index (χ1) is 5.52. The molecule has 0 aromatic carbocycles. The zero-order chi connectivity index (χ0) is 9.30. The number of rotatable bonds is 1. The van der Waals surface area contributed by atoms with E-state index >= 15 is 0 Å². The van der Waals surface area contributed by atoms with Crippen molar-refractivity contribution in [3.63, 3.8) is 0 Å². The predicted octanol–water partition coefficient (Wildman–Crippen LogP) is -0.518. The molecule has 1 aromatic heterocycles. The molecule has 64 valence electrons. The third kappa shape index (κ3) is 1.26. The van der Waals surface area contributed by atoms with E-state index < -0.39 is 23.2 Å². The molecule has 0 saturated carbocycles. The average molecular weight is 170 g/mol. The third-order valence-corrected chi connectivity index (χ3v) is 1.33. The first-order valence-electron chi connectivity index (χ1n) is 3.05. The van der Waals surface area contributed by atoms with Crippen molar-refractivity contribution in [2.75, 3.05) is 0 Å². The van der Waals surface area contributed by atoms with Crippen molar-refractivity contribution in [2.24, 2.45) is 0 Å². The lowest BCUT2D eigenvalue weighted by Crippen LogP contribution is -2.17. The molecular formula is C6H6N2O4. The van der Waals surface area contributed by atoms with Gasteiger partial charge in [-0.2, -0.15) is 4.98 Å². The second-order valence-corrected chi connectivity index (χ2v) is 2.17. The molecule has 0 aliphatic heterocycles. The Hall–Kier alpha value is -1.85. The van der Waals surface area contributed by atoms with Crippen LogP contribution in [0.2, 0.25) is 0 Å². The number of carboxylic acids is 1. The monoisotopic (exact) mass is 170 g/mol. The van der Waals surface area contributed by atoms with Crippen LogP contribution in [-0.2, 0) is 0 Å². The molecule has 0 saturated heterocycles. The number of nitrogens with zero attached hydrogens (tertiary/aromatic N) is 1. The Balaban J connectivity index is 3.41. The fraction of sp³-hybridized carbons (Fsp3) is 0.167. The molecule has 0 spiro atoms. The summed E-state index contributed by atoms with van der Waals surface area (Å²) in [6, 6.07) is 0. The van der Waals surface area contributed by atoms with Crippen LogP contribution >= 0.6 is 0 Å². The lowest BCUT2D eigenvalue weighted by Gasteiger charge is -1.97. The molecule has 1 rings (SSSR count). The lowest BCUT2D eigenvalue weighted by atomic mass is 10.3. The highest BCUT2D eigenvalue weighted by molar-refractivity contribution is 5.83. The Morgan fingerprint density at radius 1 is 1.58 bits per heavy atom. The minimum Gasteiger partial charge on any atom is -0.493 e. The van der Waals surface area contributed by atoms with Gasteiger partial charge in [0.2, 0.25) is 11.7 Å². The fourth-order valence-electron chi connectivity index (χ4n) is 0.622. The van der Waals surface area contributed by atoms with Crippen LogP contribution in [-0.4, -0.2) is 26.2 Å². The number of hydrogen-bond acceptors (Lipinski definition) is 4. The van der Waals surface area contributed by atoms with Gasteiger partial charge in [0, 0.05) is 0 Å². The molecule has 0 amide bonds. The Morgan fingerprint density at radius 3 is 2.58 bits per heavy atom. The second-order valence-electron chi connectivity index (χ2n) is 2.17. The van der Waals surface area contributed by atoms with E-state index in [1.807, 2.05) is 4.98 Å². The summed E-state index contributed by atoms with van der Waals surface area (Å²) in [5.41, 5.74) is -0.653. The predicted molar refractivity (Wildman–Crippen MR) is 38.2 cm³/mol. The molecule has 0 unspecified atom stereocenters. The number of aromatic nitrogens is 2. The summed E-state index contributed by atoms with van der Waals surface area (Å²) in [5, 5.41) is 17.3. The van der Waals surface area contributed by atoms with Crippen LogP contribution in [0.3, 0.4) is 0 Å². The minimum atomic E-state index is -1.39. The zero-order valence-corrected chi connectivity index (χ0v) is 6.16. The molecule has 0 bridgehead atoms. The Morgan fingerprint density at radius 2 is 2.17 bits per heavy atom. The van der Waals surface area contributed by atoms with Crippen LogP contribution in [0.1, 0.15) is 16.2 Å². The third-order valence-electron chi connectivity index (χ3n) is 1.33. The van der Waals surface area contributed by atoms with Crippen LogP contribution in [0.4, 0.5) is 0 Å². The number of carbonyl (C=O) groups is 1. The van der Waals surface area contributed by atoms with Crippen molar-refractivity contribution >= 4 is 5.97 Å². The van der Waals surface area contributed by atoms with Crippen molar-refractivity contribution in [1.82, 2.24) is 9.97 Å². The Kier molecular flexibility index (Phi) is 1.82. The Bertz CT molecular complexity index is 382. The first kappa shape index (κ1) is 8.25. The van der Waals surface area contributed by atoms with Crippen molar-refractivity contribution in [1.29, 1.82) is 0 Å². The van der Waals surface area contributed by atoms with Gasteiger partial charge in [0.05, 0.1) is 5.56 Å². The summed E-state index contributed by atoms with van der Waals surface area (Å²) in [6.07, 6.45) is 0. The summed E-state index contributed by atoms with van der Waals surface area (Å²) in [6.45, 7) is 1.34. The molecule has 6 nitrogen and oxygen atoms in total. The van der Waals surface area contributed by atoms with Crippen molar-refractivity contribution < 1.29 is 15.0 Å². The van der Waals surface area contributed by atoms with Gasteiger partial charge in [-0.3, -0.25) is 4.79 Å². The highest BCUT2D eigenvalue weighted by atomic mass is 16.4. The Labute approximate surface area is 66.5 Å². The maximum absolute atomic E-state index is 10.8. The molecule has 3 N–H and O–H groups in total. The second kappa shape index (κ2) is 2.65. The van der Waals surface area contributed by atoms with Crippen LogP contribution in [0.15, 0.2) is 4.79 Å². The summed E-state index contributed by atoms with van der Waals surface area (Å²) in [4.78, 5) is 26.3. The molecule has 0 aliphatic rings. The smallest absolute Gasteiger partial charge is 0.372 e. The standard InChI is InChI=1S/C6H6N2O4/c1-2-4(9)7-3(6(11)12)8-5(2)10/h1H3,(H,11,12)(H2,7,8,9,10). The topological polar surface area (TPSA) is 103 Å². The molecule has 1 aromatic rings. The molecule has 0 atom stereocenters. The van der Waals surface area contributed by atoms with Gasteiger partial charge >= 0.3 is 5.97 Å². The van der Waals surface area contributed by atoms with Crippen LogP contribution in [0.5, 0.6) is 5.88 Å². The fourth-order valence-corrected chi connectivity index (χ4v) is 0.622. The molecule has 6 heteroatoms. The summed E-state index contributed by atoms with van der Waals surface area (Å²) >= 11 is 0. The van der Waals surface area contributed by atoms with Gasteiger partial charge in [-0.05, 0) is 6.92 Å². The highest BCUT2D eigenvalue weighted by Gasteiger charge is 2.10. The number of H-pyrrole nitrogens is 1. The number of nitrogens with one attached hydrogen (secondary N) is 1. The number of carboxylic acid groups (broad SMARTS) is 1. The van der Waals surface area contributed by atoms with E-state index in [9.17, 15) is 9.59 Å². The average Bonchev–Trinajstić information content (AvgIpc) is 1.99. The lowest BCUT2D eigenvalue weighted by molar-refractivity contribution is 0.0681. The van der Waals surface area contributed by atoms with Crippen LogP contribution < -0.4 is 5.56 Å². The van der Waals surface area contributed by atoms with E-state index in [2.05, 4.69) is 4.98 Å². The molecule has 1 heterocycles. The summed E-state index contributed by atoms with van der Waals surface area (Å²) < 4.78 is 0. The van der Waals surface area contributed by atoms with E-state index in [1.165, 1.54) is 6.92 Å². The van der Waals surface area contributed by atoms with Gasteiger partial charge < -0.3 is 15.2 Å². The first-order valence-corrected chi connectivity index (χ1v) is 3.05. The van der Waals surface area contributed by atoms with E-state index in [1.54, 1.807) is 0 Å². The van der Waals surface area contributed by atoms with E-state index in [0.717, 1.165) is 0 Å². The van der Waals surface area contributed by atoms with Gasteiger partial charge in [0.1, 0.15) is 0 Å². The molecule has 12 heavy (non-hydrogen) atoms. The SMILES string of the molecule is Cc1c(O)nc(C(=O)O)[nH]c1=O. The normalized spacial score (nSPS) is 9.75. The summed E-state index contributed by atoms with van der Waals surface area (Å²) in [7, 11) is 0. The zero-order valence-electron chi connectivity index (χ0n) is 6.16. The highest BCUT2D eigenvalue weighted by Crippen LogP contribution is 2.05. The van der Waals surface area contributed by atoms with Crippen molar-refractivity contribution in [2.45, 2.75) is 6.92 Å². The van der Waals surface area contributed by atoms with Crippen LogP contribution in [0.25, 0.3) is 0 Å². The largest absolute Gasteiger partial charge is 0.493 e. The van der Waals surface area contributed by atoms with Gasteiger partial charge in [-0.1, -0.05) is 0 Å². The minimum absolute atomic E-state index is 0.000000000000000222. The maximum atomic E-state index is 10.8. The molecule has 0 aliphatic carbocycles. The number of aromatic carboxylic acids is 1. The van der Waals surface area contributed by atoms with E-state index in [4.69, 9.17) is 10.2 Å². The van der Waals surface area contributed by atoms with Gasteiger partial charge in [-0.25, -0.2) is 4.79 Å².